The fourth-order valence-corrected chi connectivity index (χ4v) is 2.39. The van der Waals surface area contributed by atoms with Crippen LogP contribution in [0, 0.1) is 15.5 Å². The van der Waals surface area contributed by atoms with Crippen LogP contribution in [-0.4, -0.2) is 29.1 Å². The van der Waals surface area contributed by atoms with Crippen LogP contribution in [0.5, 0.6) is 0 Å². The topological polar surface area (TPSA) is 118 Å². The molecule has 0 atom stereocenters. The Bertz CT molecular complexity index is 542. The van der Waals surface area contributed by atoms with Gasteiger partial charge in [-0.3, -0.25) is 14.9 Å². The van der Waals surface area contributed by atoms with Crippen LogP contribution in [0.3, 0.4) is 0 Å². The Kier molecular flexibility index (Phi) is 6.30. The lowest BCUT2D eigenvalue weighted by atomic mass is 9.79. The van der Waals surface area contributed by atoms with E-state index in [1.165, 1.54) is 18.2 Å². The molecule has 0 saturated heterocycles. The molecule has 0 radical (unpaired) electrons. The van der Waals surface area contributed by atoms with E-state index in [1.54, 1.807) is 0 Å². The van der Waals surface area contributed by atoms with Gasteiger partial charge >= 0.3 is 0 Å². The molecule has 7 nitrogen and oxygen atoms in total. The van der Waals surface area contributed by atoms with Crippen molar-refractivity contribution in [1.29, 1.82) is 0 Å². The van der Waals surface area contributed by atoms with Crippen molar-refractivity contribution in [3.05, 3.63) is 33.9 Å². The fraction of sp³-hybridized carbons (Fsp3) is 0.533. The van der Waals surface area contributed by atoms with E-state index in [-0.39, 0.29) is 34.9 Å². The van der Waals surface area contributed by atoms with Gasteiger partial charge in [-0.25, -0.2) is 0 Å². The van der Waals surface area contributed by atoms with Crippen molar-refractivity contribution in [3.8, 4) is 0 Å². The van der Waals surface area contributed by atoms with Gasteiger partial charge in [-0.15, -0.1) is 0 Å². The van der Waals surface area contributed by atoms with E-state index in [0.717, 1.165) is 12.8 Å². The molecule has 0 saturated carbocycles. The molecule has 122 valence electrons. The monoisotopic (exact) mass is 309 g/mol. The number of benzene rings is 1. The van der Waals surface area contributed by atoms with Gasteiger partial charge in [0.15, 0.2) is 0 Å². The molecule has 0 aliphatic heterocycles. The Morgan fingerprint density at radius 1 is 1.41 bits per heavy atom. The van der Waals surface area contributed by atoms with Crippen molar-refractivity contribution in [2.24, 2.45) is 5.41 Å². The molecule has 0 fully saturated rings. The van der Waals surface area contributed by atoms with E-state index < -0.39 is 4.92 Å². The van der Waals surface area contributed by atoms with Crippen LogP contribution in [0.1, 0.15) is 43.5 Å². The molecule has 22 heavy (non-hydrogen) atoms. The number of nitrogens with zero attached hydrogens (tertiary/aromatic N) is 1. The lowest BCUT2D eigenvalue weighted by molar-refractivity contribution is -0.383. The SMILES string of the molecule is CCC(CC)(CCO)CNC(=O)c1ccc(N)c([N+](=O)[O-])c1. The highest BCUT2D eigenvalue weighted by atomic mass is 16.6. The van der Waals surface area contributed by atoms with E-state index in [0.29, 0.717) is 13.0 Å². The zero-order chi connectivity index (χ0) is 16.8. The number of anilines is 1. The minimum absolute atomic E-state index is 0.0262. The summed E-state index contributed by atoms with van der Waals surface area (Å²) in [5.74, 6) is -0.382. The maximum absolute atomic E-state index is 12.2. The van der Waals surface area contributed by atoms with Gasteiger partial charge in [0.1, 0.15) is 5.69 Å². The number of aliphatic hydroxyl groups excluding tert-OH is 1. The van der Waals surface area contributed by atoms with Gasteiger partial charge < -0.3 is 16.2 Å². The molecule has 1 rings (SSSR count). The van der Waals surface area contributed by atoms with Crippen LogP contribution in [0.25, 0.3) is 0 Å². The van der Waals surface area contributed by atoms with Crippen LogP contribution in [-0.2, 0) is 0 Å². The van der Waals surface area contributed by atoms with E-state index >= 15 is 0 Å². The standard InChI is InChI=1S/C15H23N3O4/c1-3-15(4-2,7-8-19)10-17-14(20)11-5-6-12(16)13(9-11)18(21)22/h5-6,9,19H,3-4,7-8,10,16H2,1-2H3,(H,17,20). The summed E-state index contributed by atoms with van der Waals surface area (Å²) < 4.78 is 0. The van der Waals surface area contributed by atoms with Crippen molar-refractivity contribution in [3.63, 3.8) is 0 Å². The van der Waals surface area contributed by atoms with Gasteiger partial charge in [-0.2, -0.15) is 0 Å². The molecule has 0 heterocycles. The summed E-state index contributed by atoms with van der Waals surface area (Å²) >= 11 is 0. The smallest absolute Gasteiger partial charge is 0.292 e. The second-order valence-corrected chi connectivity index (χ2v) is 5.39. The normalized spacial score (nSPS) is 11.2. The first-order chi connectivity index (χ1) is 10.4. The summed E-state index contributed by atoms with van der Waals surface area (Å²) in [5.41, 5.74) is 5.30. The minimum atomic E-state index is -0.611. The van der Waals surface area contributed by atoms with Crippen molar-refractivity contribution in [2.75, 3.05) is 18.9 Å². The van der Waals surface area contributed by atoms with E-state index in [1.807, 2.05) is 13.8 Å². The maximum atomic E-state index is 12.2. The highest BCUT2D eigenvalue weighted by Gasteiger charge is 2.26. The average Bonchev–Trinajstić information content (AvgIpc) is 2.51. The predicted molar refractivity (Wildman–Crippen MR) is 84.6 cm³/mol. The van der Waals surface area contributed by atoms with E-state index in [2.05, 4.69) is 5.32 Å². The molecule has 4 N–H and O–H groups in total. The number of hydrogen-bond acceptors (Lipinski definition) is 5. The Hall–Kier alpha value is -2.15. The molecular weight excluding hydrogens is 286 g/mol. The van der Waals surface area contributed by atoms with Crippen LogP contribution in [0.4, 0.5) is 11.4 Å². The molecule has 7 heteroatoms. The quantitative estimate of drug-likeness (QED) is 0.386. The summed E-state index contributed by atoms with van der Waals surface area (Å²) in [7, 11) is 0. The van der Waals surface area contributed by atoms with Crippen LogP contribution in [0.15, 0.2) is 18.2 Å². The number of nitrogen functional groups attached to an aromatic ring is 1. The van der Waals surface area contributed by atoms with Crippen molar-refractivity contribution >= 4 is 17.3 Å². The lowest BCUT2D eigenvalue weighted by Crippen LogP contribution is -2.37. The molecule has 0 spiro atoms. The van der Waals surface area contributed by atoms with Gasteiger partial charge in [0.25, 0.3) is 11.6 Å². The number of carbonyl (C=O) groups excluding carboxylic acids is 1. The number of carbonyl (C=O) groups is 1. The summed E-state index contributed by atoms with van der Waals surface area (Å²) in [6.07, 6.45) is 2.25. The Morgan fingerprint density at radius 3 is 2.55 bits per heavy atom. The third-order valence-corrected chi connectivity index (χ3v) is 4.26. The number of nitro benzene ring substituents is 1. The van der Waals surface area contributed by atoms with Gasteiger partial charge in [0.05, 0.1) is 4.92 Å². The van der Waals surface area contributed by atoms with Gasteiger partial charge in [-0.1, -0.05) is 13.8 Å². The Morgan fingerprint density at radius 2 is 2.05 bits per heavy atom. The van der Waals surface area contributed by atoms with Crippen LogP contribution < -0.4 is 11.1 Å². The minimum Gasteiger partial charge on any atom is -0.396 e. The van der Waals surface area contributed by atoms with E-state index in [4.69, 9.17) is 5.73 Å². The van der Waals surface area contributed by atoms with E-state index in [9.17, 15) is 20.0 Å². The number of nitrogens with one attached hydrogen (secondary N) is 1. The molecule has 0 aliphatic rings. The summed E-state index contributed by atoms with van der Waals surface area (Å²) in [6, 6.07) is 3.99. The maximum Gasteiger partial charge on any atom is 0.292 e. The number of aliphatic hydroxyl groups is 1. The zero-order valence-electron chi connectivity index (χ0n) is 13.0. The largest absolute Gasteiger partial charge is 0.396 e. The molecule has 1 aromatic carbocycles. The van der Waals surface area contributed by atoms with Crippen LogP contribution in [0.2, 0.25) is 0 Å². The molecular formula is C15H23N3O4. The third-order valence-electron chi connectivity index (χ3n) is 4.26. The second kappa shape index (κ2) is 7.74. The van der Waals surface area contributed by atoms with Crippen molar-refractivity contribution < 1.29 is 14.8 Å². The molecule has 1 aromatic rings. The molecule has 0 unspecified atom stereocenters. The molecule has 0 aliphatic carbocycles. The molecule has 1 amide bonds. The third kappa shape index (κ3) is 4.17. The van der Waals surface area contributed by atoms with Crippen LogP contribution >= 0.6 is 0 Å². The highest BCUT2D eigenvalue weighted by Crippen LogP contribution is 2.29. The van der Waals surface area contributed by atoms with Gasteiger partial charge in [0, 0.05) is 24.8 Å². The fourth-order valence-electron chi connectivity index (χ4n) is 2.39. The average molecular weight is 309 g/mol. The summed E-state index contributed by atoms with van der Waals surface area (Å²) in [6.45, 7) is 4.50. The number of rotatable bonds is 8. The number of nitro groups is 1. The first kappa shape index (κ1) is 17.9. The van der Waals surface area contributed by atoms with Gasteiger partial charge in [0.2, 0.25) is 0 Å². The van der Waals surface area contributed by atoms with Crippen molar-refractivity contribution in [2.45, 2.75) is 33.1 Å². The Labute approximate surface area is 129 Å². The number of amides is 1. The summed E-state index contributed by atoms with van der Waals surface area (Å²) in [4.78, 5) is 22.4. The summed E-state index contributed by atoms with van der Waals surface area (Å²) in [5, 5.41) is 22.8. The Balaban J connectivity index is 2.85. The second-order valence-electron chi connectivity index (χ2n) is 5.39. The number of nitrogens with two attached hydrogens (primary N) is 1. The molecule has 0 aromatic heterocycles. The van der Waals surface area contributed by atoms with Crippen molar-refractivity contribution in [1.82, 2.24) is 5.32 Å². The predicted octanol–water partition coefficient (Wildman–Crippen LogP) is 2.10. The zero-order valence-corrected chi connectivity index (χ0v) is 13.0. The van der Waals surface area contributed by atoms with Gasteiger partial charge in [-0.05, 0) is 36.8 Å². The first-order valence-corrected chi connectivity index (χ1v) is 7.32. The highest BCUT2D eigenvalue weighted by molar-refractivity contribution is 5.95. The lowest BCUT2D eigenvalue weighted by Gasteiger charge is -2.31. The first-order valence-electron chi connectivity index (χ1n) is 7.32. The number of hydrogen-bond donors (Lipinski definition) is 3. The molecule has 0 bridgehead atoms.